The third kappa shape index (κ3) is 3.69. The lowest BCUT2D eigenvalue weighted by Crippen LogP contribution is -2.36. The first-order chi connectivity index (χ1) is 12.1. The van der Waals surface area contributed by atoms with Crippen molar-refractivity contribution in [3.8, 4) is 0 Å². The van der Waals surface area contributed by atoms with Crippen LogP contribution < -0.4 is 5.56 Å². The Bertz CT molecular complexity index is 960. The molecule has 2 aromatic heterocycles. The molecule has 3 rings (SSSR count). The zero-order valence-corrected chi connectivity index (χ0v) is 14.8. The summed E-state index contributed by atoms with van der Waals surface area (Å²) in [6, 6.07) is 9.42. The second-order valence-corrected chi connectivity index (χ2v) is 6.82. The predicted molar refractivity (Wildman–Crippen MR) is 101 cm³/mol. The van der Waals surface area contributed by atoms with Gasteiger partial charge in [0.25, 0.3) is 5.56 Å². The molecule has 128 valence electrons. The van der Waals surface area contributed by atoms with E-state index in [9.17, 15) is 9.59 Å². The van der Waals surface area contributed by atoms with Crippen LogP contribution in [0, 0.1) is 6.92 Å². The van der Waals surface area contributed by atoms with Crippen LogP contribution in [0.2, 0.25) is 0 Å². The first kappa shape index (κ1) is 17.1. The molecule has 2 heterocycles. The number of thiophene rings is 1. The number of rotatable bonds is 6. The van der Waals surface area contributed by atoms with Crippen molar-refractivity contribution in [2.45, 2.75) is 20.0 Å². The second kappa shape index (κ2) is 7.44. The number of amides is 1. The summed E-state index contributed by atoms with van der Waals surface area (Å²) in [4.78, 5) is 32.5. The second-order valence-electron chi connectivity index (χ2n) is 5.79. The molecule has 0 bridgehead atoms. The van der Waals surface area contributed by atoms with E-state index in [1.165, 1.54) is 10.9 Å². The highest BCUT2D eigenvalue weighted by molar-refractivity contribution is 7.09. The molecule has 0 saturated carbocycles. The molecule has 0 saturated heterocycles. The third-order valence-electron chi connectivity index (χ3n) is 3.99. The van der Waals surface area contributed by atoms with Gasteiger partial charge in [-0.05, 0) is 30.0 Å². The van der Waals surface area contributed by atoms with Gasteiger partial charge in [-0.2, -0.15) is 0 Å². The van der Waals surface area contributed by atoms with E-state index in [4.69, 9.17) is 0 Å². The van der Waals surface area contributed by atoms with Crippen LogP contribution in [0.5, 0.6) is 0 Å². The van der Waals surface area contributed by atoms with Gasteiger partial charge in [-0.25, -0.2) is 4.98 Å². The van der Waals surface area contributed by atoms with E-state index < -0.39 is 0 Å². The van der Waals surface area contributed by atoms with E-state index in [1.54, 1.807) is 28.4 Å². The van der Waals surface area contributed by atoms with Crippen molar-refractivity contribution in [1.29, 1.82) is 0 Å². The molecule has 1 amide bonds. The minimum absolute atomic E-state index is 0.0328. The maximum absolute atomic E-state index is 12.7. The highest BCUT2D eigenvalue weighted by atomic mass is 32.1. The average molecular weight is 353 g/mol. The topological polar surface area (TPSA) is 55.2 Å². The normalized spacial score (nSPS) is 10.8. The molecular weight excluding hydrogens is 334 g/mol. The van der Waals surface area contributed by atoms with Crippen molar-refractivity contribution < 1.29 is 4.79 Å². The maximum Gasteiger partial charge on any atom is 0.261 e. The lowest BCUT2D eigenvalue weighted by Gasteiger charge is -2.21. The molecule has 25 heavy (non-hydrogen) atoms. The number of aryl methyl sites for hydroxylation is 1. The molecule has 5 nitrogen and oxygen atoms in total. The van der Waals surface area contributed by atoms with Gasteiger partial charge < -0.3 is 4.90 Å². The smallest absolute Gasteiger partial charge is 0.261 e. The summed E-state index contributed by atoms with van der Waals surface area (Å²) >= 11 is 1.60. The minimum Gasteiger partial charge on any atom is -0.332 e. The van der Waals surface area contributed by atoms with Gasteiger partial charge in [0.2, 0.25) is 5.91 Å². The Hall–Kier alpha value is -2.73. The van der Waals surface area contributed by atoms with E-state index in [2.05, 4.69) is 11.6 Å². The van der Waals surface area contributed by atoms with Crippen molar-refractivity contribution in [3.63, 3.8) is 0 Å². The van der Waals surface area contributed by atoms with Crippen LogP contribution in [0.15, 0.2) is 59.5 Å². The van der Waals surface area contributed by atoms with Crippen molar-refractivity contribution in [2.24, 2.45) is 0 Å². The van der Waals surface area contributed by atoms with Crippen LogP contribution in [-0.4, -0.2) is 26.9 Å². The number of para-hydroxylation sites is 1. The van der Waals surface area contributed by atoms with Crippen LogP contribution in [0.3, 0.4) is 0 Å². The number of aromatic nitrogens is 2. The standard InChI is InChI=1S/C19H19N3O2S/c1-3-9-21(11-15-7-5-10-25-15)17(23)12-22-13-20-18-14(2)6-4-8-16(18)19(22)24/h3-8,10,13H,1,9,11-12H2,2H3. The molecule has 1 aromatic carbocycles. The Morgan fingerprint density at radius 3 is 2.92 bits per heavy atom. The Balaban J connectivity index is 1.86. The first-order valence-electron chi connectivity index (χ1n) is 7.96. The van der Waals surface area contributed by atoms with Gasteiger partial charge in [0.15, 0.2) is 0 Å². The number of carbonyl (C=O) groups excluding carboxylic acids is 1. The third-order valence-corrected chi connectivity index (χ3v) is 4.85. The van der Waals surface area contributed by atoms with E-state index in [0.29, 0.717) is 24.0 Å². The van der Waals surface area contributed by atoms with E-state index >= 15 is 0 Å². The molecule has 3 aromatic rings. The highest BCUT2D eigenvalue weighted by Gasteiger charge is 2.15. The van der Waals surface area contributed by atoms with Crippen molar-refractivity contribution in [2.75, 3.05) is 6.54 Å². The van der Waals surface area contributed by atoms with Gasteiger partial charge in [-0.3, -0.25) is 14.2 Å². The number of nitrogens with zero attached hydrogens (tertiary/aromatic N) is 3. The van der Waals surface area contributed by atoms with Gasteiger partial charge in [-0.15, -0.1) is 17.9 Å². The van der Waals surface area contributed by atoms with Crippen LogP contribution in [0.1, 0.15) is 10.4 Å². The number of hydrogen-bond acceptors (Lipinski definition) is 4. The molecule has 0 radical (unpaired) electrons. The predicted octanol–water partition coefficient (Wildman–Crippen LogP) is 2.98. The number of hydrogen-bond donors (Lipinski definition) is 0. The molecule has 0 aliphatic carbocycles. The lowest BCUT2D eigenvalue weighted by molar-refractivity contribution is -0.131. The summed E-state index contributed by atoms with van der Waals surface area (Å²) in [5, 5.41) is 2.51. The monoisotopic (exact) mass is 353 g/mol. The van der Waals surface area contributed by atoms with E-state index in [1.807, 2.05) is 36.6 Å². The number of fused-ring (bicyclic) bond motifs is 1. The fourth-order valence-electron chi connectivity index (χ4n) is 2.70. The van der Waals surface area contributed by atoms with Gasteiger partial charge in [0.05, 0.1) is 23.8 Å². The maximum atomic E-state index is 12.7. The number of benzene rings is 1. The summed E-state index contributed by atoms with van der Waals surface area (Å²) < 4.78 is 1.37. The highest BCUT2D eigenvalue weighted by Crippen LogP contribution is 2.13. The SMILES string of the molecule is C=CCN(Cc1cccs1)C(=O)Cn1cnc2c(C)cccc2c1=O. The molecule has 6 heteroatoms. The van der Waals surface area contributed by atoms with Gasteiger partial charge in [0, 0.05) is 11.4 Å². The van der Waals surface area contributed by atoms with Gasteiger partial charge in [0.1, 0.15) is 6.54 Å². The fourth-order valence-corrected chi connectivity index (χ4v) is 3.42. The molecule has 0 atom stereocenters. The van der Waals surface area contributed by atoms with E-state index in [-0.39, 0.29) is 18.0 Å². The largest absolute Gasteiger partial charge is 0.332 e. The molecule has 0 fully saturated rings. The average Bonchev–Trinajstić information content (AvgIpc) is 3.10. The summed E-state index contributed by atoms with van der Waals surface area (Å²) in [5.41, 5.74) is 1.42. The summed E-state index contributed by atoms with van der Waals surface area (Å²) in [6.45, 7) is 6.54. The minimum atomic E-state index is -0.197. The first-order valence-corrected chi connectivity index (χ1v) is 8.84. The fraction of sp³-hybridized carbons (Fsp3) is 0.211. The number of carbonyl (C=O) groups is 1. The summed E-state index contributed by atoms with van der Waals surface area (Å²) in [5.74, 6) is -0.135. The zero-order valence-electron chi connectivity index (χ0n) is 14.0. The molecule has 0 aliphatic rings. The molecule has 0 N–H and O–H groups in total. The Labute approximate surface area is 149 Å². The Morgan fingerprint density at radius 1 is 1.36 bits per heavy atom. The summed E-state index contributed by atoms with van der Waals surface area (Å²) in [6.07, 6.45) is 3.14. The van der Waals surface area contributed by atoms with Crippen LogP contribution in [-0.2, 0) is 17.9 Å². The quantitative estimate of drug-likeness (QED) is 0.640. The Morgan fingerprint density at radius 2 is 2.20 bits per heavy atom. The molecule has 0 unspecified atom stereocenters. The molecule has 0 aliphatic heterocycles. The van der Waals surface area contributed by atoms with Gasteiger partial charge in [-0.1, -0.05) is 24.3 Å². The molecule has 0 spiro atoms. The van der Waals surface area contributed by atoms with Crippen LogP contribution in [0.25, 0.3) is 10.9 Å². The lowest BCUT2D eigenvalue weighted by atomic mass is 10.1. The summed E-state index contributed by atoms with van der Waals surface area (Å²) in [7, 11) is 0. The Kier molecular flexibility index (Phi) is 5.09. The van der Waals surface area contributed by atoms with Crippen LogP contribution >= 0.6 is 11.3 Å². The zero-order chi connectivity index (χ0) is 17.8. The van der Waals surface area contributed by atoms with Crippen molar-refractivity contribution >= 4 is 28.1 Å². The van der Waals surface area contributed by atoms with Crippen LogP contribution in [0.4, 0.5) is 0 Å². The molecular formula is C19H19N3O2S. The van der Waals surface area contributed by atoms with Crippen molar-refractivity contribution in [1.82, 2.24) is 14.5 Å². The van der Waals surface area contributed by atoms with E-state index in [0.717, 1.165) is 10.4 Å². The van der Waals surface area contributed by atoms with Gasteiger partial charge >= 0.3 is 0 Å². The van der Waals surface area contributed by atoms with Crippen molar-refractivity contribution in [3.05, 3.63) is 75.5 Å².